The third-order valence-electron chi connectivity index (χ3n) is 2.96. The van der Waals surface area contributed by atoms with E-state index in [4.69, 9.17) is 4.42 Å². The first-order chi connectivity index (χ1) is 9.06. The molecule has 0 unspecified atom stereocenters. The quantitative estimate of drug-likeness (QED) is 0.839. The highest BCUT2D eigenvalue weighted by Gasteiger charge is 2.09. The lowest BCUT2D eigenvalue weighted by Gasteiger charge is -2.17. The van der Waals surface area contributed by atoms with Crippen molar-refractivity contribution in [2.75, 3.05) is 7.05 Å². The predicted molar refractivity (Wildman–Crippen MR) is 72.0 cm³/mol. The van der Waals surface area contributed by atoms with Crippen molar-refractivity contribution in [3.63, 3.8) is 0 Å². The van der Waals surface area contributed by atoms with Gasteiger partial charge in [0, 0.05) is 29.8 Å². The highest BCUT2D eigenvalue weighted by Crippen LogP contribution is 2.21. The summed E-state index contributed by atoms with van der Waals surface area (Å²) in [6, 6.07) is 6.85. The largest absolute Gasteiger partial charge is 0.508 e. The normalized spacial score (nSPS) is 10.9. The molecule has 4 nitrogen and oxygen atoms in total. The summed E-state index contributed by atoms with van der Waals surface area (Å²) in [6.07, 6.45) is 3.33. The maximum atomic E-state index is 11.3. The first-order valence-corrected chi connectivity index (χ1v) is 6.08. The van der Waals surface area contributed by atoms with Crippen LogP contribution in [0.3, 0.4) is 0 Å². The fourth-order valence-corrected chi connectivity index (χ4v) is 1.97. The van der Waals surface area contributed by atoms with Crippen LogP contribution >= 0.6 is 0 Å². The number of benzene rings is 1. The molecule has 100 valence electrons. The van der Waals surface area contributed by atoms with Gasteiger partial charge in [0.2, 0.25) is 0 Å². The molecule has 0 bridgehead atoms. The monoisotopic (exact) mass is 259 g/mol. The molecule has 0 radical (unpaired) electrons. The Labute approximate surface area is 112 Å². The maximum Gasteiger partial charge on any atom is 0.159 e. The van der Waals surface area contributed by atoms with E-state index in [9.17, 15) is 9.90 Å². The Morgan fingerprint density at radius 3 is 2.74 bits per heavy atom. The van der Waals surface area contributed by atoms with Gasteiger partial charge in [0.15, 0.2) is 5.78 Å². The van der Waals surface area contributed by atoms with E-state index >= 15 is 0 Å². The first-order valence-electron chi connectivity index (χ1n) is 6.08. The van der Waals surface area contributed by atoms with Crippen molar-refractivity contribution in [1.82, 2.24) is 4.90 Å². The molecule has 0 aliphatic heterocycles. The number of Topliss-reactive ketones (excluding diaryl/α,β-unsaturated/α-hetero) is 1. The Kier molecular flexibility index (Phi) is 4.02. The Balaban J connectivity index is 2.09. The van der Waals surface area contributed by atoms with Crippen molar-refractivity contribution in [3.8, 4) is 5.75 Å². The summed E-state index contributed by atoms with van der Waals surface area (Å²) in [4.78, 5) is 13.4. The highest BCUT2D eigenvalue weighted by atomic mass is 16.3. The van der Waals surface area contributed by atoms with Gasteiger partial charge in [-0.05, 0) is 38.2 Å². The van der Waals surface area contributed by atoms with Gasteiger partial charge >= 0.3 is 0 Å². The molecule has 0 saturated heterocycles. The summed E-state index contributed by atoms with van der Waals surface area (Å²) < 4.78 is 5.02. The second-order valence-electron chi connectivity index (χ2n) is 4.70. The van der Waals surface area contributed by atoms with Crippen LogP contribution in [0.1, 0.15) is 28.4 Å². The Bertz CT molecular complexity index is 561. The van der Waals surface area contributed by atoms with E-state index in [1.165, 1.54) is 6.92 Å². The molecule has 0 saturated carbocycles. The molecule has 4 heteroatoms. The number of carbonyl (C=O) groups excluding carboxylic acids is 1. The van der Waals surface area contributed by atoms with Gasteiger partial charge in [0.1, 0.15) is 5.75 Å². The Morgan fingerprint density at radius 1 is 1.32 bits per heavy atom. The summed E-state index contributed by atoms with van der Waals surface area (Å²) >= 11 is 0. The average molecular weight is 259 g/mol. The molecular formula is C15H17NO3. The topological polar surface area (TPSA) is 53.7 Å². The highest BCUT2D eigenvalue weighted by molar-refractivity contribution is 5.94. The van der Waals surface area contributed by atoms with Crippen LogP contribution in [0.4, 0.5) is 0 Å². The number of phenols is 1. The molecular weight excluding hydrogens is 242 g/mol. The molecule has 19 heavy (non-hydrogen) atoms. The van der Waals surface area contributed by atoms with Gasteiger partial charge in [-0.1, -0.05) is 0 Å². The van der Waals surface area contributed by atoms with Crippen molar-refractivity contribution in [2.45, 2.75) is 20.0 Å². The van der Waals surface area contributed by atoms with Gasteiger partial charge in [-0.25, -0.2) is 0 Å². The van der Waals surface area contributed by atoms with Gasteiger partial charge in [-0.2, -0.15) is 0 Å². The van der Waals surface area contributed by atoms with Gasteiger partial charge in [-0.3, -0.25) is 9.69 Å². The van der Waals surface area contributed by atoms with Crippen LogP contribution in [-0.2, 0) is 13.1 Å². The SMILES string of the molecule is CC(=O)c1ccc(O)c(CN(C)Cc2ccoc2)c1. The summed E-state index contributed by atoms with van der Waals surface area (Å²) in [7, 11) is 1.95. The molecule has 0 amide bonds. The molecule has 1 aromatic heterocycles. The van der Waals surface area contributed by atoms with Crippen LogP contribution in [0.25, 0.3) is 0 Å². The number of rotatable bonds is 5. The zero-order valence-electron chi connectivity index (χ0n) is 11.1. The van der Waals surface area contributed by atoms with Gasteiger partial charge < -0.3 is 9.52 Å². The summed E-state index contributed by atoms with van der Waals surface area (Å²) in [5.74, 6) is 0.211. The van der Waals surface area contributed by atoms with E-state index in [0.29, 0.717) is 12.1 Å². The summed E-state index contributed by atoms with van der Waals surface area (Å²) in [5, 5.41) is 9.84. The maximum absolute atomic E-state index is 11.3. The molecule has 0 spiro atoms. The third-order valence-corrected chi connectivity index (χ3v) is 2.96. The van der Waals surface area contributed by atoms with E-state index in [0.717, 1.165) is 17.7 Å². The second kappa shape index (κ2) is 5.71. The smallest absolute Gasteiger partial charge is 0.159 e. The second-order valence-corrected chi connectivity index (χ2v) is 4.70. The number of carbonyl (C=O) groups is 1. The number of furan rings is 1. The number of nitrogens with zero attached hydrogens (tertiary/aromatic N) is 1. The number of hydrogen-bond donors (Lipinski definition) is 1. The lowest BCUT2D eigenvalue weighted by Crippen LogP contribution is -2.17. The van der Waals surface area contributed by atoms with Gasteiger partial charge in [0.05, 0.1) is 12.5 Å². The standard InChI is InChI=1S/C15H17NO3/c1-11(17)13-3-4-15(18)14(7-13)9-16(2)8-12-5-6-19-10-12/h3-7,10,18H,8-9H2,1-2H3. The molecule has 0 fully saturated rings. The minimum atomic E-state index is -0.00117. The molecule has 0 aliphatic rings. The van der Waals surface area contributed by atoms with Crippen LogP contribution in [0.2, 0.25) is 0 Å². The summed E-state index contributed by atoms with van der Waals surface area (Å²) in [5.41, 5.74) is 2.44. The van der Waals surface area contributed by atoms with Crippen LogP contribution in [0.15, 0.2) is 41.2 Å². The number of phenolic OH excluding ortho intramolecular Hbond substituents is 1. The number of aromatic hydroxyl groups is 1. The molecule has 0 atom stereocenters. The third kappa shape index (κ3) is 3.45. The zero-order valence-corrected chi connectivity index (χ0v) is 11.1. The van der Waals surface area contributed by atoms with Crippen LogP contribution < -0.4 is 0 Å². The van der Waals surface area contributed by atoms with E-state index in [-0.39, 0.29) is 11.5 Å². The van der Waals surface area contributed by atoms with Crippen LogP contribution in [-0.4, -0.2) is 22.8 Å². The lowest BCUT2D eigenvalue weighted by atomic mass is 10.1. The number of hydrogen-bond acceptors (Lipinski definition) is 4. The molecule has 2 aromatic rings. The van der Waals surface area contributed by atoms with Crippen molar-refractivity contribution in [3.05, 3.63) is 53.5 Å². The van der Waals surface area contributed by atoms with Crippen LogP contribution in [0, 0.1) is 0 Å². The fourth-order valence-electron chi connectivity index (χ4n) is 1.97. The minimum absolute atomic E-state index is 0.00117. The van der Waals surface area contributed by atoms with Gasteiger partial charge in [-0.15, -0.1) is 0 Å². The molecule has 1 aromatic carbocycles. The Morgan fingerprint density at radius 2 is 2.11 bits per heavy atom. The van der Waals surface area contributed by atoms with E-state index in [2.05, 4.69) is 0 Å². The first kappa shape index (κ1) is 13.4. The minimum Gasteiger partial charge on any atom is -0.508 e. The van der Waals surface area contributed by atoms with Crippen molar-refractivity contribution >= 4 is 5.78 Å². The summed E-state index contributed by atoms with van der Waals surface area (Å²) in [6.45, 7) is 2.81. The molecule has 1 N–H and O–H groups in total. The molecule has 0 aliphatic carbocycles. The molecule has 2 rings (SSSR count). The zero-order chi connectivity index (χ0) is 13.8. The van der Waals surface area contributed by atoms with E-state index in [1.807, 2.05) is 18.0 Å². The van der Waals surface area contributed by atoms with Crippen molar-refractivity contribution < 1.29 is 14.3 Å². The molecule has 1 heterocycles. The average Bonchev–Trinajstić information content (AvgIpc) is 2.84. The number of ketones is 1. The van der Waals surface area contributed by atoms with E-state index in [1.54, 1.807) is 30.7 Å². The predicted octanol–water partition coefficient (Wildman–Crippen LogP) is 2.82. The van der Waals surface area contributed by atoms with Crippen molar-refractivity contribution in [1.29, 1.82) is 0 Å². The van der Waals surface area contributed by atoms with Crippen LogP contribution in [0.5, 0.6) is 5.75 Å². The van der Waals surface area contributed by atoms with Crippen molar-refractivity contribution in [2.24, 2.45) is 0 Å². The lowest BCUT2D eigenvalue weighted by molar-refractivity contribution is 0.101. The fraction of sp³-hybridized carbons (Fsp3) is 0.267. The van der Waals surface area contributed by atoms with Gasteiger partial charge in [0.25, 0.3) is 0 Å². The Hall–Kier alpha value is -2.07. The van der Waals surface area contributed by atoms with E-state index < -0.39 is 0 Å².